The van der Waals surface area contributed by atoms with Gasteiger partial charge < -0.3 is 11.1 Å². The van der Waals surface area contributed by atoms with Crippen molar-refractivity contribution in [1.82, 2.24) is 5.32 Å². The number of nitrogens with one attached hydrogen (secondary N) is 1. The van der Waals surface area contributed by atoms with Gasteiger partial charge in [-0.3, -0.25) is 4.79 Å². The van der Waals surface area contributed by atoms with Gasteiger partial charge >= 0.3 is 0 Å². The van der Waals surface area contributed by atoms with Crippen LogP contribution in [0, 0.1) is 13.8 Å². The number of carbonyl (C=O) groups excluding carboxylic acids is 1. The topological polar surface area (TPSA) is 55.1 Å². The van der Waals surface area contributed by atoms with Gasteiger partial charge in [-0.2, -0.15) is 0 Å². The number of aryl methyl sites for hydroxylation is 2. The van der Waals surface area contributed by atoms with Crippen molar-refractivity contribution in [2.45, 2.75) is 26.3 Å². The van der Waals surface area contributed by atoms with Crippen LogP contribution in [0.2, 0.25) is 0 Å². The number of hydrogen-bond donors (Lipinski definition) is 2. The van der Waals surface area contributed by atoms with Crippen molar-refractivity contribution in [3.63, 3.8) is 0 Å². The third kappa shape index (κ3) is 2.57. The van der Waals surface area contributed by atoms with E-state index in [1.54, 1.807) is 0 Å². The van der Waals surface area contributed by atoms with Crippen LogP contribution >= 0.6 is 0 Å². The van der Waals surface area contributed by atoms with Crippen LogP contribution in [0.4, 0.5) is 0 Å². The van der Waals surface area contributed by atoms with E-state index in [2.05, 4.69) is 37.4 Å². The van der Waals surface area contributed by atoms with Gasteiger partial charge in [0.05, 0.1) is 6.04 Å². The van der Waals surface area contributed by atoms with E-state index < -0.39 is 0 Å². The Morgan fingerprint density at radius 2 is 1.95 bits per heavy atom. The number of rotatable bonds is 2. The molecule has 0 bridgehead atoms. The first-order valence-electron chi connectivity index (χ1n) is 7.30. The van der Waals surface area contributed by atoms with Crippen LogP contribution < -0.4 is 11.1 Å². The highest BCUT2D eigenvalue weighted by Gasteiger charge is 2.19. The number of fused-ring (bicyclic) bond motifs is 1. The smallest absolute Gasteiger partial charge is 0.251 e. The summed E-state index contributed by atoms with van der Waals surface area (Å²) in [7, 11) is 0. The van der Waals surface area contributed by atoms with E-state index in [1.165, 1.54) is 11.1 Å². The highest BCUT2D eigenvalue weighted by atomic mass is 16.1. The van der Waals surface area contributed by atoms with Gasteiger partial charge in [-0.05, 0) is 48.6 Å². The lowest BCUT2D eigenvalue weighted by Crippen LogP contribution is -2.32. The van der Waals surface area contributed by atoms with Crippen LogP contribution in [-0.2, 0) is 6.42 Å². The fourth-order valence-corrected chi connectivity index (χ4v) is 2.98. The van der Waals surface area contributed by atoms with Crippen LogP contribution in [0.3, 0.4) is 0 Å². The van der Waals surface area contributed by atoms with Crippen LogP contribution in [0.1, 0.15) is 44.2 Å². The molecule has 21 heavy (non-hydrogen) atoms. The Morgan fingerprint density at radius 1 is 1.14 bits per heavy atom. The summed E-state index contributed by atoms with van der Waals surface area (Å²) in [6, 6.07) is 12.1. The Kier molecular flexibility index (Phi) is 3.52. The summed E-state index contributed by atoms with van der Waals surface area (Å²) in [6.45, 7) is 4.87. The van der Waals surface area contributed by atoms with Crippen LogP contribution in [0.15, 0.2) is 36.4 Å². The molecule has 1 heterocycles. The molecule has 2 aromatic carbocycles. The number of amides is 1. The van der Waals surface area contributed by atoms with E-state index in [-0.39, 0.29) is 11.9 Å². The Morgan fingerprint density at radius 3 is 2.71 bits per heavy atom. The number of hydrogen-bond acceptors (Lipinski definition) is 2. The lowest BCUT2D eigenvalue weighted by atomic mass is 9.91. The molecule has 3 rings (SSSR count). The molecule has 108 valence electrons. The lowest BCUT2D eigenvalue weighted by molar-refractivity contribution is 0.0946. The fourth-order valence-electron chi connectivity index (χ4n) is 2.98. The number of nitrogens with two attached hydrogens (primary N) is 1. The molecule has 3 nitrogen and oxygen atoms in total. The number of carbonyl (C=O) groups is 1. The maximum Gasteiger partial charge on any atom is 0.251 e. The minimum absolute atomic E-state index is 0.00549. The molecule has 0 radical (unpaired) electrons. The second kappa shape index (κ2) is 5.34. The average molecular weight is 280 g/mol. The van der Waals surface area contributed by atoms with Gasteiger partial charge in [-0.25, -0.2) is 0 Å². The van der Waals surface area contributed by atoms with Crippen molar-refractivity contribution < 1.29 is 4.79 Å². The Hall–Kier alpha value is -2.13. The minimum Gasteiger partial charge on any atom is -0.352 e. The summed E-state index contributed by atoms with van der Waals surface area (Å²) < 4.78 is 0. The summed E-state index contributed by atoms with van der Waals surface area (Å²) in [6.07, 6.45) is 0.889. The molecular formula is C18H20N2O. The van der Waals surface area contributed by atoms with Crippen molar-refractivity contribution in [2.75, 3.05) is 6.54 Å². The molecule has 0 aliphatic carbocycles. The largest absolute Gasteiger partial charge is 0.352 e. The monoisotopic (exact) mass is 280 g/mol. The van der Waals surface area contributed by atoms with Gasteiger partial charge in [-0.15, -0.1) is 0 Å². The third-order valence-electron chi connectivity index (χ3n) is 4.18. The van der Waals surface area contributed by atoms with Crippen LogP contribution in [-0.4, -0.2) is 12.5 Å². The molecule has 3 N–H and O–H groups in total. The van der Waals surface area contributed by atoms with Crippen molar-refractivity contribution in [2.24, 2.45) is 5.73 Å². The Labute approximate surface area is 125 Å². The van der Waals surface area contributed by atoms with Gasteiger partial charge in [0.25, 0.3) is 5.91 Å². The molecule has 2 aromatic rings. The molecule has 0 saturated carbocycles. The molecule has 0 aromatic heterocycles. The molecular weight excluding hydrogens is 260 g/mol. The predicted octanol–water partition coefficient (Wildman–Crippen LogP) is 2.64. The van der Waals surface area contributed by atoms with E-state index >= 15 is 0 Å². The third-order valence-corrected chi connectivity index (χ3v) is 4.18. The van der Waals surface area contributed by atoms with Gasteiger partial charge in [0, 0.05) is 12.1 Å². The van der Waals surface area contributed by atoms with Crippen LogP contribution in [0.5, 0.6) is 0 Å². The summed E-state index contributed by atoms with van der Waals surface area (Å²) in [5, 5.41) is 2.88. The zero-order valence-electron chi connectivity index (χ0n) is 12.4. The maximum atomic E-state index is 12.0. The average Bonchev–Trinajstić information content (AvgIpc) is 2.47. The van der Waals surface area contributed by atoms with E-state index in [1.807, 2.05) is 18.2 Å². The summed E-state index contributed by atoms with van der Waals surface area (Å²) >= 11 is 0. The first kappa shape index (κ1) is 13.8. The van der Waals surface area contributed by atoms with Gasteiger partial charge in [0.15, 0.2) is 0 Å². The molecule has 0 fully saturated rings. The molecule has 1 unspecified atom stereocenters. The van der Waals surface area contributed by atoms with Crippen LogP contribution in [0.25, 0.3) is 0 Å². The maximum absolute atomic E-state index is 12.0. The predicted molar refractivity (Wildman–Crippen MR) is 84.4 cm³/mol. The zero-order valence-corrected chi connectivity index (χ0v) is 12.4. The van der Waals surface area contributed by atoms with Gasteiger partial charge in [0.2, 0.25) is 0 Å². The summed E-state index contributed by atoms with van der Waals surface area (Å²) in [5.74, 6) is 0.00549. The SMILES string of the molecule is Cc1ccc(C(N)c2ccc3c(c2)C(=O)NCC3)c(C)c1. The molecule has 1 amide bonds. The second-order valence-electron chi connectivity index (χ2n) is 5.76. The highest BCUT2D eigenvalue weighted by Crippen LogP contribution is 2.26. The van der Waals surface area contributed by atoms with Crippen molar-refractivity contribution >= 4 is 5.91 Å². The molecule has 0 saturated heterocycles. The standard InChI is InChI=1S/C18H20N2O/c1-11-3-6-15(12(2)9-11)17(19)14-5-4-13-7-8-20-18(21)16(13)10-14/h3-6,9-10,17H,7-8,19H2,1-2H3,(H,20,21). The van der Waals surface area contributed by atoms with Crippen molar-refractivity contribution in [1.29, 1.82) is 0 Å². The molecule has 1 aliphatic rings. The summed E-state index contributed by atoms with van der Waals surface area (Å²) in [5.41, 5.74) is 12.8. The van der Waals surface area contributed by atoms with Gasteiger partial charge in [-0.1, -0.05) is 35.9 Å². The molecule has 1 atom stereocenters. The Balaban J connectivity index is 2.00. The first-order chi connectivity index (χ1) is 10.1. The minimum atomic E-state index is -0.203. The van der Waals surface area contributed by atoms with E-state index in [0.29, 0.717) is 6.54 Å². The van der Waals surface area contributed by atoms with E-state index in [0.717, 1.165) is 28.7 Å². The van der Waals surface area contributed by atoms with Crippen molar-refractivity contribution in [3.8, 4) is 0 Å². The highest BCUT2D eigenvalue weighted by molar-refractivity contribution is 5.96. The quantitative estimate of drug-likeness (QED) is 0.888. The zero-order chi connectivity index (χ0) is 15.0. The van der Waals surface area contributed by atoms with E-state index in [4.69, 9.17) is 5.73 Å². The number of benzene rings is 2. The second-order valence-corrected chi connectivity index (χ2v) is 5.76. The van der Waals surface area contributed by atoms with Gasteiger partial charge in [0.1, 0.15) is 0 Å². The normalized spacial score (nSPS) is 15.3. The fraction of sp³-hybridized carbons (Fsp3) is 0.278. The molecule has 3 heteroatoms. The van der Waals surface area contributed by atoms with Crippen molar-refractivity contribution in [3.05, 3.63) is 69.8 Å². The lowest BCUT2D eigenvalue weighted by Gasteiger charge is -2.20. The first-order valence-corrected chi connectivity index (χ1v) is 7.30. The molecule has 1 aliphatic heterocycles. The Bertz CT molecular complexity index is 706. The molecule has 0 spiro atoms. The summed E-state index contributed by atoms with van der Waals surface area (Å²) in [4.78, 5) is 12.0. The van der Waals surface area contributed by atoms with E-state index in [9.17, 15) is 4.79 Å².